The monoisotopic (exact) mass is 286 g/mol. The van der Waals surface area contributed by atoms with Crippen molar-refractivity contribution in [2.75, 3.05) is 18.5 Å². The Morgan fingerprint density at radius 3 is 2.90 bits per heavy atom. The number of aromatic nitrogens is 1. The first-order chi connectivity index (χ1) is 10.3. The summed E-state index contributed by atoms with van der Waals surface area (Å²) in [6.45, 7) is 1.63. The van der Waals surface area contributed by atoms with Crippen LogP contribution in [0.5, 0.6) is 0 Å². The Labute approximate surface area is 123 Å². The number of rotatable bonds is 5. The fraction of sp³-hybridized carbons (Fsp3) is 0.375. The van der Waals surface area contributed by atoms with E-state index in [1.165, 1.54) is 6.20 Å². The summed E-state index contributed by atoms with van der Waals surface area (Å²) < 4.78 is 5.59. The van der Waals surface area contributed by atoms with Crippen molar-refractivity contribution in [3.63, 3.8) is 0 Å². The molecule has 110 valence electrons. The van der Waals surface area contributed by atoms with E-state index < -0.39 is 5.97 Å². The molecule has 2 heterocycles. The van der Waals surface area contributed by atoms with Crippen LogP contribution in [0.15, 0.2) is 30.5 Å². The molecule has 1 aliphatic heterocycles. The van der Waals surface area contributed by atoms with E-state index in [1.807, 2.05) is 24.3 Å². The average Bonchev–Trinajstić information content (AvgIpc) is 3.00. The lowest BCUT2D eigenvalue weighted by Gasteiger charge is -2.12. The van der Waals surface area contributed by atoms with Crippen molar-refractivity contribution >= 4 is 22.6 Å². The Hall–Kier alpha value is -2.14. The maximum Gasteiger partial charge on any atom is 0.337 e. The number of carboxylic acids is 1. The Morgan fingerprint density at radius 1 is 1.38 bits per heavy atom. The maximum absolute atomic E-state index is 11.2. The molecule has 1 aromatic carbocycles. The van der Waals surface area contributed by atoms with Gasteiger partial charge in [0.1, 0.15) is 5.82 Å². The predicted molar refractivity (Wildman–Crippen MR) is 80.8 cm³/mol. The number of hydrogen-bond acceptors (Lipinski definition) is 4. The fourth-order valence-electron chi connectivity index (χ4n) is 2.73. The molecule has 1 unspecified atom stereocenters. The average molecular weight is 286 g/mol. The molecule has 1 atom stereocenters. The number of carboxylic acid groups (broad SMARTS) is 1. The van der Waals surface area contributed by atoms with Crippen molar-refractivity contribution in [2.24, 2.45) is 0 Å². The van der Waals surface area contributed by atoms with Crippen molar-refractivity contribution in [1.82, 2.24) is 4.98 Å². The Kier molecular flexibility index (Phi) is 4.01. The van der Waals surface area contributed by atoms with Crippen molar-refractivity contribution in [3.05, 3.63) is 36.0 Å². The van der Waals surface area contributed by atoms with Gasteiger partial charge >= 0.3 is 5.97 Å². The third kappa shape index (κ3) is 2.97. The first kappa shape index (κ1) is 13.8. The molecular weight excluding hydrogens is 268 g/mol. The zero-order chi connectivity index (χ0) is 14.7. The van der Waals surface area contributed by atoms with Gasteiger partial charge in [0.15, 0.2) is 0 Å². The second-order valence-electron chi connectivity index (χ2n) is 5.22. The molecule has 1 fully saturated rings. The number of aromatic carboxylic acids is 1. The molecule has 0 radical (unpaired) electrons. The lowest BCUT2D eigenvalue weighted by Crippen LogP contribution is -2.13. The standard InChI is InChI=1S/C16H18N2O3/c19-16(20)14-10-18-15(13-6-2-1-5-12(13)14)17-8-7-11-4-3-9-21-11/h1-2,5-6,10-11H,3-4,7-9H2,(H,17,18)(H,19,20). The van der Waals surface area contributed by atoms with E-state index in [4.69, 9.17) is 4.74 Å². The van der Waals surface area contributed by atoms with Crippen LogP contribution in [0.4, 0.5) is 5.82 Å². The minimum absolute atomic E-state index is 0.232. The number of ether oxygens (including phenoxy) is 1. The normalized spacial score (nSPS) is 18.0. The summed E-state index contributed by atoms with van der Waals surface area (Å²) in [4.78, 5) is 15.5. The Bertz CT molecular complexity index is 651. The smallest absolute Gasteiger partial charge is 0.337 e. The van der Waals surface area contributed by atoms with Gasteiger partial charge < -0.3 is 15.2 Å². The Balaban J connectivity index is 1.79. The van der Waals surface area contributed by atoms with Crippen LogP contribution in [0.3, 0.4) is 0 Å². The molecule has 21 heavy (non-hydrogen) atoms. The number of benzene rings is 1. The van der Waals surface area contributed by atoms with Gasteiger partial charge in [-0.25, -0.2) is 9.78 Å². The molecule has 5 nitrogen and oxygen atoms in total. The van der Waals surface area contributed by atoms with Crippen LogP contribution in [-0.4, -0.2) is 35.3 Å². The first-order valence-corrected chi connectivity index (χ1v) is 7.22. The zero-order valence-corrected chi connectivity index (χ0v) is 11.7. The summed E-state index contributed by atoms with van der Waals surface area (Å²) in [5.41, 5.74) is 0.232. The highest BCUT2D eigenvalue weighted by Crippen LogP contribution is 2.24. The largest absolute Gasteiger partial charge is 0.478 e. The van der Waals surface area contributed by atoms with Gasteiger partial charge in [-0.3, -0.25) is 0 Å². The molecule has 0 aliphatic carbocycles. The number of nitrogens with zero attached hydrogens (tertiary/aromatic N) is 1. The minimum Gasteiger partial charge on any atom is -0.478 e. The molecule has 0 saturated carbocycles. The molecule has 1 saturated heterocycles. The van der Waals surface area contributed by atoms with E-state index >= 15 is 0 Å². The quantitative estimate of drug-likeness (QED) is 0.884. The van der Waals surface area contributed by atoms with E-state index in [-0.39, 0.29) is 5.56 Å². The van der Waals surface area contributed by atoms with Gasteiger partial charge in [-0.15, -0.1) is 0 Å². The summed E-state index contributed by atoms with van der Waals surface area (Å²) >= 11 is 0. The van der Waals surface area contributed by atoms with E-state index in [0.29, 0.717) is 11.5 Å². The van der Waals surface area contributed by atoms with Gasteiger partial charge in [0.25, 0.3) is 0 Å². The molecule has 0 spiro atoms. The van der Waals surface area contributed by atoms with Crippen LogP contribution < -0.4 is 5.32 Å². The number of hydrogen-bond donors (Lipinski definition) is 2. The van der Waals surface area contributed by atoms with Gasteiger partial charge in [-0.1, -0.05) is 24.3 Å². The second-order valence-corrected chi connectivity index (χ2v) is 5.22. The van der Waals surface area contributed by atoms with E-state index in [2.05, 4.69) is 10.3 Å². The molecule has 2 aromatic rings. The molecular formula is C16H18N2O3. The Morgan fingerprint density at radius 2 is 2.19 bits per heavy atom. The number of fused-ring (bicyclic) bond motifs is 1. The first-order valence-electron chi connectivity index (χ1n) is 7.22. The van der Waals surface area contributed by atoms with Crippen molar-refractivity contribution in [2.45, 2.75) is 25.4 Å². The topological polar surface area (TPSA) is 71.5 Å². The number of anilines is 1. The number of carbonyl (C=O) groups is 1. The van der Waals surface area contributed by atoms with E-state index in [1.54, 1.807) is 0 Å². The van der Waals surface area contributed by atoms with Crippen LogP contribution in [0.2, 0.25) is 0 Å². The van der Waals surface area contributed by atoms with Crippen LogP contribution in [-0.2, 0) is 4.74 Å². The predicted octanol–water partition coefficient (Wildman–Crippen LogP) is 2.91. The summed E-state index contributed by atoms with van der Waals surface area (Å²) in [5, 5.41) is 14.1. The van der Waals surface area contributed by atoms with Gasteiger partial charge in [0.05, 0.1) is 11.7 Å². The third-order valence-electron chi connectivity index (χ3n) is 3.81. The van der Waals surface area contributed by atoms with Crippen LogP contribution in [0.25, 0.3) is 10.8 Å². The van der Waals surface area contributed by atoms with Gasteiger partial charge in [-0.05, 0) is 19.3 Å². The zero-order valence-electron chi connectivity index (χ0n) is 11.7. The number of nitrogens with one attached hydrogen (secondary N) is 1. The van der Waals surface area contributed by atoms with Crippen molar-refractivity contribution < 1.29 is 14.6 Å². The van der Waals surface area contributed by atoms with Gasteiger partial charge in [0.2, 0.25) is 0 Å². The summed E-state index contributed by atoms with van der Waals surface area (Å²) in [6.07, 6.45) is 4.95. The highest BCUT2D eigenvalue weighted by atomic mass is 16.5. The molecule has 1 aliphatic rings. The van der Waals surface area contributed by atoms with Gasteiger partial charge in [0, 0.05) is 30.1 Å². The molecule has 0 amide bonds. The maximum atomic E-state index is 11.2. The second kappa shape index (κ2) is 6.10. The van der Waals surface area contributed by atoms with Crippen LogP contribution in [0, 0.1) is 0 Å². The van der Waals surface area contributed by atoms with E-state index in [0.717, 1.165) is 43.6 Å². The molecule has 0 bridgehead atoms. The summed E-state index contributed by atoms with van der Waals surface area (Å²) in [6, 6.07) is 7.43. The minimum atomic E-state index is -0.954. The SMILES string of the molecule is O=C(O)c1cnc(NCCC2CCCO2)c2ccccc12. The lowest BCUT2D eigenvalue weighted by molar-refractivity contribution is 0.0698. The summed E-state index contributed by atoms with van der Waals surface area (Å²) in [7, 11) is 0. The highest BCUT2D eigenvalue weighted by Gasteiger charge is 2.16. The lowest BCUT2D eigenvalue weighted by atomic mass is 10.1. The van der Waals surface area contributed by atoms with Gasteiger partial charge in [-0.2, -0.15) is 0 Å². The highest BCUT2D eigenvalue weighted by molar-refractivity contribution is 6.06. The molecule has 2 N–H and O–H groups in total. The van der Waals surface area contributed by atoms with Crippen molar-refractivity contribution in [3.8, 4) is 0 Å². The fourth-order valence-corrected chi connectivity index (χ4v) is 2.73. The number of pyridine rings is 1. The van der Waals surface area contributed by atoms with Crippen molar-refractivity contribution in [1.29, 1.82) is 0 Å². The molecule has 5 heteroatoms. The van der Waals surface area contributed by atoms with Crippen LogP contribution in [0.1, 0.15) is 29.6 Å². The third-order valence-corrected chi connectivity index (χ3v) is 3.81. The van der Waals surface area contributed by atoms with E-state index in [9.17, 15) is 9.90 Å². The molecule has 3 rings (SSSR count). The molecule has 1 aromatic heterocycles. The van der Waals surface area contributed by atoms with Crippen LogP contribution >= 0.6 is 0 Å². The summed E-state index contributed by atoms with van der Waals surface area (Å²) in [5.74, 6) is -0.224.